The van der Waals surface area contributed by atoms with Gasteiger partial charge in [0.15, 0.2) is 0 Å². The molecule has 1 aliphatic heterocycles. The normalized spacial score (nSPS) is 31.6. The van der Waals surface area contributed by atoms with Crippen LogP contribution in [0.15, 0.2) is 35.1 Å². The molecule has 0 radical (unpaired) electrons. The van der Waals surface area contributed by atoms with Gasteiger partial charge in [-0.2, -0.15) is 0 Å². The maximum atomic E-state index is 11.0. The Morgan fingerprint density at radius 2 is 2.25 bits per heavy atom. The van der Waals surface area contributed by atoms with Crippen molar-refractivity contribution in [2.75, 3.05) is 6.54 Å². The highest BCUT2D eigenvalue weighted by Gasteiger charge is 2.37. The topological polar surface area (TPSA) is 49.3 Å². The van der Waals surface area contributed by atoms with E-state index in [1.54, 1.807) is 6.08 Å². The van der Waals surface area contributed by atoms with Crippen LogP contribution in [0, 0.1) is 11.8 Å². The van der Waals surface area contributed by atoms with Crippen LogP contribution in [-0.2, 0) is 4.79 Å². The van der Waals surface area contributed by atoms with Gasteiger partial charge >= 0.3 is 5.97 Å². The number of rotatable bonds is 1. The third kappa shape index (κ3) is 1.39. The van der Waals surface area contributed by atoms with Gasteiger partial charge in [-0.05, 0) is 36.8 Å². The summed E-state index contributed by atoms with van der Waals surface area (Å²) in [5, 5.41) is 12.5. The summed E-state index contributed by atoms with van der Waals surface area (Å²) < 4.78 is 0. The minimum atomic E-state index is -0.771. The minimum Gasteiger partial charge on any atom is -0.478 e. The number of nitrogens with one attached hydrogen (secondary N) is 1. The highest BCUT2D eigenvalue weighted by molar-refractivity contribution is 5.87. The second-order valence-corrected chi connectivity index (χ2v) is 4.75. The van der Waals surface area contributed by atoms with E-state index in [0.29, 0.717) is 23.8 Å². The van der Waals surface area contributed by atoms with Crippen molar-refractivity contribution in [3.05, 3.63) is 35.1 Å². The molecule has 3 nitrogen and oxygen atoms in total. The van der Waals surface area contributed by atoms with Gasteiger partial charge in [0.1, 0.15) is 0 Å². The van der Waals surface area contributed by atoms with Gasteiger partial charge in [-0.25, -0.2) is 4.79 Å². The van der Waals surface area contributed by atoms with Gasteiger partial charge in [-0.1, -0.05) is 12.2 Å². The van der Waals surface area contributed by atoms with Crippen molar-refractivity contribution in [2.24, 2.45) is 11.8 Å². The number of carbonyl (C=O) groups is 1. The van der Waals surface area contributed by atoms with Crippen molar-refractivity contribution >= 4 is 5.97 Å². The molecule has 2 atom stereocenters. The molecule has 0 aromatic rings. The van der Waals surface area contributed by atoms with Crippen LogP contribution in [-0.4, -0.2) is 17.6 Å². The fraction of sp³-hybridized carbons (Fsp3) is 0.462. The minimum absolute atomic E-state index is 0.402. The molecule has 0 bridgehead atoms. The summed E-state index contributed by atoms with van der Waals surface area (Å²) in [6.45, 7) is 1.06. The molecule has 2 aliphatic carbocycles. The third-order valence-corrected chi connectivity index (χ3v) is 3.85. The standard InChI is InChI=1S/C13H15NO2/c15-13(16)9-4-3-8-7-12-10(11(8)6-9)2-1-5-14-12/h3-4,7,10-11,14H,1-2,5-6H2,(H,15,16). The van der Waals surface area contributed by atoms with Crippen molar-refractivity contribution in [1.82, 2.24) is 5.32 Å². The first-order valence-corrected chi connectivity index (χ1v) is 5.85. The predicted octanol–water partition coefficient (Wildman–Crippen LogP) is 1.84. The molecule has 1 heterocycles. The molecular weight excluding hydrogens is 202 g/mol. The molecule has 0 saturated carbocycles. The maximum absolute atomic E-state index is 11.0. The molecule has 1 saturated heterocycles. The maximum Gasteiger partial charge on any atom is 0.331 e. The first-order valence-electron chi connectivity index (χ1n) is 5.85. The SMILES string of the molecule is O=C(O)C1=CC=C2C=C3NCCCC3C2C1. The van der Waals surface area contributed by atoms with Crippen molar-refractivity contribution < 1.29 is 9.90 Å². The van der Waals surface area contributed by atoms with Gasteiger partial charge in [0.05, 0.1) is 0 Å². The highest BCUT2D eigenvalue weighted by atomic mass is 16.4. The number of fused-ring (bicyclic) bond motifs is 3. The van der Waals surface area contributed by atoms with Crippen LogP contribution in [0.25, 0.3) is 0 Å². The number of allylic oxidation sites excluding steroid dienone is 5. The van der Waals surface area contributed by atoms with Crippen molar-refractivity contribution in [2.45, 2.75) is 19.3 Å². The lowest BCUT2D eigenvalue weighted by Gasteiger charge is -2.29. The first-order chi connectivity index (χ1) is 7.75. The van der Waals surface area contributed by atoms with E-state index >= 15 is 0 Å². The third-order valence-electron chi connectivity index (χ3n) is 3.85. The van der Waals surface area contributed by atoms with Gasteiger partial charge in [-0.15, -0.1) is 0 Å². The summed E-state index contributed by atoms with van der Waals surface area (Å²) in [6.07, 6.45) is 9.01. The summed E-state index contributed by atoms with van der Waals surface area (Å²) in [4.78, 5) is 11.0. The molecule has 3 rings (SSSR count). The second-order valence-electron chi connectivity index (χ2n) is 4.75. The summed E-state index contributed by atoms with van der Waals surface area (Å²) in [6, 6.07) is 0. The van der Waals surface area contributed by atoms with E-state index < -0.39 is 5.97 Å². The van der Waals surface area contributed by atoms with Gasteiger partial charge in [-0.3, -0.25) is 0 Å². The average molecular weight is 217 g/mol. The Morgan fingerprint density at radius 1 is 1.38 bits per heavy atom. The van der Waals surface area contributed by atoms with Gasteiger partial charge in [0.2, 0.25) is 0 Å². The Hall–Kier alpha value is -1.51. The first kappa shape index (κ1) is 9.70. The number of aliphatic carboxylic acids is 1. The predicted molar refractivity (Wildman–Crippen MR) is 60.7 cm³/mol. The number of carboxylic acids is 1. The summed E-state index contributed by atoms with van der Waals surface area (Å²) in [7, 11) is 0. The summed E-state index contributed by atoms with van der Waals surface area (Å²) >= 11 is 0. The van der Waals surface area contributed by atoms with E-state index in [4.69, 9.17) is 5.11 Å². The Bertz CT molecular complexity index is 431. The molecule has 0 amide bonds. The molecule has 16 heavy (non-hydrogen) atoms. The zero-order chi connectivity index (χ0) is 11.1. The van der Waals surface area contributed by atoms with Crippen LogP contribution in [0.4, 0.5) is 0 Å². The van der Waals surface area contributed by atoms with E-state index in [1.807, 2.05) is 6.08 Å². The molecule has 84 valence electrons. The van der Waals surface area contributed by atoms with Crippen molar-refractivity contribution in [1.29, 1.82) is 0 Å². The lowest BCUT2D eigenvalue weighted by atomic mass is 9.79. The number of hydrogen-bond acceptors (Lipinski definition) is 2. The Kier molecular flexibility index (Phi) is 2.13. The monoisotopic (exact) mass is 217 g/mol. The Labute approximate surface area is 94.5 Å². The Balaban J connectivity index is 1.91. The molecule has 2 unspecified atom stereocenters. The van der Waals surface area contributed by atoms with E-state index in [1.165, 1.54) is 24.1 Å². The quantitative estimate of drug-likeness (QED) is 0.704. The largest absolute Gasteiger partial charge is 0.478 e. The fourth-order valence-corrected chi connectivity index (χ4v) is 3.03. The summed E-state index contributed by atoms with van der Waals surface area (Å²) in [5.74, 6) is 0.162. The smallest absolute Gasteiger partial charge is 0.331 e. The van der Waals surface area contributed by atoms with Crippen molar-refractivity contribution in [3.63, 3.8) is 0 Å². The van der Waals surface area contributed by atoms with Crippen LogP contribution in [0.5, 0.6) is 0 Å². The molecule has 1 fully saturated rings. The molecule has 3 heteroatoms. The molecule has 2 N–H and O–H groups in total. The molecule has 0 spiro atoms. The van der Waals surface area contributed by atoms with E-state index in [9.17, 15) is 4.79 Å². The molecule has 0 aromatic carbocycles. The number of piperidine rings is 1. The number of carboxylic acid groups (broad SMARTS) is 1. The zero-order valence-corrected chi connectivity index (χ0v) is 9.07. The van der Waals surface area contributed by atoms with Gasteiger partial charge in [0, 0.05) is 23.7 Å². The van der Waals surface area contributed by atoms with Gasteiger partial charge in [0.25, 0.3) is 0 Å². The second kappa shape index (κ2) is 3.51. The summed E-state index contributed by atoms with van der Waals surface area (Å²) in [5.41, 5.74) is 3.18. The van der Waals surface area contributed by atoms with Crippen molar-refractivity contribution in [3.8, 4) is 0 Å². The van der Waals surface area contributed by atoms with Crippen LogP contribution in [0.3, 0.4) is 0 Å². The van der Waals surface area contributed by atoms with E-state index in [-0.39, 0.29) is 0 Å². The number of hydrogen-bond donors (Lipinski definition) is 2. The zero-order valence-electron chi connectivity index (χ0n) is 9.07. The molecule has 0 aromatic heterocycles. The average Bonchev–Trinajstić information content (AvgIpc) is 2.66. The molecule has 3 aliphatic rings. The van der Waals surface area contributed by atoms with Crippen LogP contribution >= 0.6 is 0 Å². The van der Waals surface area contributed by atoms with Crippen LogP contribution in [0.1, 0.15) is 19.3 Å². The molecular formula is C13H15NO2. The van der Waals surface area contributed by atoms with Gasteiger partial charge < -0.3 is 10.4 Å². The van der Waals surface area contributed by atoms with E-state index in [0.717, 1.165) is 6.54 Å². The van der Waals surface area contributed by atoms with E-state index in [2.05, 4.69) is 11.4 Å². The lowest BCUT2D eigenvalue weighted by Crippen LogP contribution is -2.29. The van der Waals surface area contributed by atoms with Crippen LogP contribution < -0.4 is 5.32 Å². The lowest BCUT2D eigenvalue weighted by molar-refractivity contribution is -0.132. The Morgan fingerprint density at radius 3 is 3.06 bits per heavy atom. The van der Waals surface area contributed by atoms with Crippen LogP contribution in [0.2, 0.25) is 0 Å². The fourth-order valence-electron chi connectivity index (χ4n) is 3.03. The highest BCUT2D eigenvalue weighted by Crippen LogP contribution is 2.44.